The van der Waals surface area contributed by atoms with Crippen molar-refractivity contribution < 1.29 is 18.0 Å². The second-order valence-corrected chi connectivity index (χ2v) is 11.9. The molecule has 0 radical (unpaired) electrons. The van der Waals surface area contributed by atoms with E-state index < -0.39 is 16.1 Å². The summed E-state index contributed by atoms with van der Waals surface area (Å²) in [6.07, 6.45) is 0.516. The lowest BCUT2D eigenvalue weighted by Crippen LogP contribution is -2.43. The van der Waals surface area contributed by atoms with Crippen LogP contribution in [0.2, 0.25) is 5.02 Å². The van der Waals surface area contributed by atoms with Gasteiger partial charge in [-0.3, -0.25) is 9.59 Å². The minimum absolute atomic E-state index is 0.132. The maximum Gasteiger partial charge on any atom is 0.247 e. The fourth-order valence-corrected chi connectivity index (χ4v) is 5.88. The quantitative estimate of drug-likeness (QED) is 0.206. The maximum atomic E-state index is 13.9. The Morgan fingerprint density at radius 2 is 1.43 bits per heavy atom. The van der Waals surface area contributed by atoms with Gasteiger partial charge < -0.3 is 10.2 Å². The van der Waals surface area contributed by atoms with Crippen molar-refractivity contribution in [3.63, 3.8) is 0 Å². The fraction of sp³-hybridized carbons (Fsp3) is 0.212. The van der Waals surface area contributed by atoms with Crippen LogP contribution in [-0.4, -0.2) is 31.7 Å². The number of carbonyl (C=O) groups excluding carboxylic acids is 2. The van der Waals surface area contributed by atoms with Crippen LogP contribution in [0.3, 0.4) is 0 Å². The molecule has 42 heavy (non-hydrogen) atoms. The maximum absolute atomic E-state index is 13.9. The summed E-state index contributed by atoms with van der Waals surface area (Å²) in [5.74, 6) is -0.520. The monoisotopic (exact) mass is 603 g/mol. The van der Waals surface area contributed by atoms with Crippen molar-refractivity contribution in [1.29, 1.82) is 0 Å². The summed E-state index contributed by atoms with van der Waals surface area (Å²) in [6, 6.07) is 31.7. The number of carbonyl (C=O) groups is 2. The number of halogens is 1. The Morgan fingerprint density at radius 1 is 0.810 bits per heavy atom. The molecule has 1 atom stereocenters. The third-order valence-corrected chi connectivity index (χ3v) is 8.73. The van der Waals surface area contributed by atoms with Gasteiger partial charge in [0.05, 0.1) is 4.90 Å². The van der Waals surface area contributed by atoms with E-state index in [1.165, 1.54) is 12.1 Å². The van der Waals surface area contributed by atoms with Gasteiger partial charge in [0.15, 0.2) is 0 Å². The molecule has 0 spiro atoms. The number of amides is 2. The second kappa shape index (κ2) is 14.8. The van der Waals surface area contributed by atoms with Crippen LogP contribution in [0.1, 0.15) is 41.6 Å². The molecule has 0 unspecified atom stereocenters. The topological polar surface area (TPSA) is 95.6 Å². The van der Waals surface area contributed by atoms with Gasteiger partial charge in [0, 0.05) is 31.1 Å². The highest BCUT2D eigenvalue weighted by atomic mass is 35.5. The first-order valence-electron chi connectivity index (χ1n) is 13.8. The molecule has 0 aromatic heterocycles. The van der Waals surface area contributed by atoms with E-state index >= 15 is 0 Å². The second-order valence-electron chi connectivity index (χ2n) is 9.77. The van der Waals surface area contributed by atoms with Gasteiger partial charge in [-0.05, 0) is 46.9 Å². The van der Waals surface area contributed by atoms with Crippen molar-refractivity contribution in [2.45, 2.75) is 43.8 Å². The Hall–Kier alpha value is -3.98. The van der Waals surface area contributed by atoms with Crippen LogP contribution in [0, 0.1) is 0 Å². The van der Waals surface area contributed by atoms with E-state index in [0.717, 1.165) is 16.7 Å². The number of nitrogens with zero attached hydrogens (tertiary/aromatic N) is 1. The summed E-state index contributed by atoms with van der Waals surface area (Å²) in [6.45, 7) is 2.47. The average molecular weight is 604 g/mol. The lowest BCUT2D eigenvalue weighted by atomic mass is 10.0. The number of benzene rings is 4. The van der Waals surface area contributed by atoms with Crippen molar-refractivity contribution in [2.24, 2.45) is 0 Å². The van der Waals surface area contributed by atoms with E-state index in [-0.39, 0.29) is 36.2 Å². The molecule has 4 rings (SSSR count). The SMILES string of the molecule is CCNS(=O)(=O)c1ccc(CCC(=O)N(Cc2ccccc2)[C@H](C(=O)NCc2ccccc2Cl)c2ccccc2)cc1. The molecule has 0 saturated carbocycles. The van der Waals surface area contributed by atoms with Crippen LogP contribution in [0.5, 0.6) is 0 Å². The molecule has 4 aromatic rings. The van der Waals surface area contributed by atoms with E-state index in [1.807, 2.05) is 78.9 Å². The minimum atomic E-state index is -3.56. The molecule has 4 aromatic carbocycles. The van der Waals surface area contributed by atoms with E-state index in [1.54, 1.807) is 30.0 Å². The average Bonchev–Trinajstić information content (AvgIpc) is 3.00. The number of aryl methyl sites for hydroxylation is 1. The minimum Gasteiger partial charge on any atom is -0.350 e. The molecule has 7 nitrogen and oxygen atoms in total. The Labute approximate surface area is 252 Å². The van der Waals surface area contributed by atoms with Crippen molar-refractivity contribution in [3.8, 4) is 0 Å². The normalized spacial score (nSPS) is 12.0. The molecular weight excluding hydrogens is 570 g/mol. The molecular formula is C33H34ClN3O4S. The summed E-state index contributed by atoms with van der Waals surface area (Å²) in [7, 11) is -3.56. The van der Waals surface area contributed by atoms with Gasteiger partial charge in [0.2, 0.25) is 21.8 Å². The van der Waals surface area contributed by atoms with Gasteiger partial charge in [-0.1, -0.05) is 110 Å². The van der Waals surface area contributed by atoms with Crippen molar-refractivity contribution >= 4 is 33.4 Å². The Morgan fingerprint density at radius 3 is 2.07 bits per heavy atom. The fourth-order valence-electron chi connectivity index (χ4n) is 4.64. The third kappa shape index (κ3) is 8.28. The van der Waals surface area contributed by atoms with E-state index in [0.29, 0.717) is 23.6 Å². The van der Waals surface area contributed by atoms with Crippen LogP contribution in [0.15, 0.2) is 114 Å². The smallest absolute Gasteiger partial charge is 0.247 e. The molecule has 9 heteroatoms. The number of sulfonamides is 1. The molecule has 0 bridgehead atoms. The number of hydrogen-bond donors (Lipinski definition) is 2. The summed E-state index contributed by atoms with van der Waals surface area (Å²) in [4.78, 5) is 29.5. The molecule has 0 aliphatic carbocycles. The van der Waals surface area contributed by atoms with Crippen LogP contribution in [-0.2, 0) is 39.1 Å². The van der Waals surface area contributed by atoms with Crippen LogP contribution in [0.4, 0.5) is 0 Å². The first-order chi connectivity index (χ1) is 20.3. The first kappa shape index (κ1) is 31.0. The molecule has 0 saturated heterocycles. The predicted molar refractivity (Wildman–Crippen MR) is 165 cm³/mol. The zero-order valence-electron chi connectivity index (χ0n) is 23.4. The molecule has 0 aliphatic heterocycles. The van der Waals surface area contributed by atoms with Gasteiger partial charge in [-0.2, -0.15) is 0 Å². The van der Waals surface area contributed by atoms with Crippen molar-refractivity contribution in [2.75, 3.05) is 6.54 Å². The highest BCUT2D eigenvalue weighted by Gasteiger charge is 2.31. The van der Waals surface area contributed by atoms with Gasteiger partial charge in [0.25, 0.3) is 0 Å². The Kier molecular flexibility index (Phi) is 10.9. The van der Waals surface area contributed by atoms with E-state index in [9.17, 15) is 18.0 Å². The van der Waals surface area contributed by atoms with Crippen LogP contribution < -0.4 is 10.0 Å². The summed E-state index contributed by atoms with van der Waals surface area (Å²) in [5, 5.41) is 3.54. The zero-order valence-corrected chi connectivity index (χ0v) is 24.9. The first-order valence-corrected chi connectivity index (χ1v) is 15.6. The van der Waals surface area contributed by atoms with Crippen LogP contribution in [0.25, 0.3) is 0 Å². The van der Waals surface area contributed by atoms with Crippen molar-refractivity contribution in [1.82, 2.24) is 14.9 Å². The Bertz CT molecular complexity index is 1580. The van der Waals surface area contributed by atoms with Gasteiger partial charge >= 0.3 is 0 Å². The third-order valence-electron chi connectivity index (χ3n) is 6.80. The van der Waals surface area contributed by atoms with Gasteiger partial charge in [-0.25, -0.2) is 13.1 Å². The van der Waals surface area contributed by atoms with Gasteiger partial charge in [-0.15, -0.1) is 0 Å². The Balaban J connectivity index is 1.59. The standard InChI is InChI=1S/C33H34ClN3O4S/c1-2-36-42(40,41)29-20-17-25(18-21-29)19-22-31(38)37(24-26-11-5-3-6-12-26)32(27-13-7-4-8-14-27)33(39)35-23-28-15-9-10-16-30(28)34/h3-18,20-21,32,36H,2,19,22-24H2,1H3,(H,35,39)/t32-/m0/s1. The predicted octanol–water partition coefficient (Wildman–Crippen LogP) is 5.66. The summed E-state index contributed by atoms with van der Waals surface area (Å²) < 4.78 is 27.1. The van der Waals surface area contributed by atoms with Crippen molar-refractivity contribution in [3.05, 3.63) is 136 Å². The van der Waals surface area contributed by atoms with Crippen LogP contribution >= 0.6 is 11.6 Å². The number of hydrogen-bond acceptors (Lipinski definition) is 4. The van der Waals surface area contributed by atoms with Gasteiger partial charge in [0.1, 0.15) is 6.04 Å². The lowest BCUT2D eigenvalue weighted by Gasteiger charge is -2.32. The largest absolute Gasteiger partial charge is 0.350 e. The molecule has 2 amide bonds. The molecule has 0 heterocycles. The summed E-state index contributed by atoms with van der Waals surface area (Å²) >= 11 is 6.32. The number of nitrogens with one attached hydrogen (secondary N) is 2. The highest BCUT2D eigenvalue weighted by molar-refractivity contribution is 7.89. The number of rotatable bonds is 13. The molecule has 218 valence electrons. The zero-order chi connectivity index (χ0) is 30.0. The molecule has 0 aliphatic rings. The molecule has 2 N–H and O–H groups in total. The lowest BCUT2D eigenvalue weighted by molar-refractivity contribution is -0.141. The summed E-state index contributed by atoms with van der Waals surface area (Å²) in [5.41, 5.74) is 3.18. The van der Waals surface area contributed by atoms with E-state index in [4.69, 9.17) is 11.6 Å². The highest BCUT2D eigenvalue weighted by Crippen LogP contribution is 2.26. The molecule has 0 fully saturated rings. The van der Waals surface area contributed by atoms with E-state index in [2.05, 4.69) is 10.0 Å².